The number of rotatable bonds is 0. The molecule has 4 rings (SSSR count). The Kier molecular flexibility index (Phi) is 3.13. The fourth-order valence-corrected chi connectivity index (χ4v) is 6.40. The van der Waals surface area contributed by atoms with Gasteiger partial charge in [0, 0.05) is 11.5 Å². The minimum absolute atomic E-state index is 0.0519. The Hall–Kier alpha value is -0.870. The van der Waals surface area contributed by atoms with Crippen molar-refractivity contribution >= 4 is 0 Å². The molecule has 4 N–H and O–H groups in total. The Morgan fingerprint density at radius 1 is 1.22 bits per heavy atom. The summed E-state index contributed by atoms with van der Waals surface area (Å²) in [6.07, 6.45) is 8.43. The minimum Gasteiger partial charge on any atom is -0.508 e. The summed E-state index contributed by atoms with van der Waals surface area (Å²) in [7, 11) is 0. The van der Waals surface area contributed by atoms with E-state index in [1.54, 1.807) is 6.08 Å². The summed E-state index contributed by atoms with van der Waals surface area (Å²) in [6, 6.07) is -0.242. The number of halogens is 1. The molecule has 3 saturated carbocycles. The van der Waals surface area contributed by atoms with Gasteiger partial charge in [0.05, 0.1) is 6.10 Å². The number of allylic oxidation sites excluding steroid dienone is 3. The van der Waals surface area contributed by atoms with Crippen LogP contribution in [0.4, 0.5) is 4.39 Å². The number of hydrogen-bond donors (Lipinski definition) is 3. The predicted molar refractivity (Wildman–Crippen MR) is 87.4 cm³/mol. The van der Waals surface area contributed by atoms with E-state index >= 15 is 4.39 Å². The van der Waals surface area contributed by atoms with Gasteiger partial charge in [0.2, 0.25) is 0 Å². The third kappa shape index (κ3) is 1.77. The Bertz CT molecular complexity index is 590. The quantitative estimate of drug-likeness (QED) is 0.641. The largest absolute Gasteiger partial charge is 0.508 e. The molecule has 0 aromatic heterocycles. The van der Waals surface area contributed by atoms with Crippen molar-refractivity contribution in [3.8, 4) is 0 Å². The third-order valence-electron chi connectivity index (χ3n) is 8.05. The molecular weight excluding hydrogens is 293 g/mol. The van der Waals surface area contributed by atoms with Crippen molar-refractivity contribution in [1.29, 1.82) is 0 Å². The van der Waals surface area contributed by atoms with E-state index in [1.165, 1.54) is 0 Å². The Labute approximate surface area is 137 Å². The van der Waals surface area contributed by atoms with Gasteiger partial charge in [0.15, 0.2) is 0 Å². The van der Waals surface area contributed by atoms with Crippen LogP contribution < -0.4 is 5.73 Å². The van der Waals surface area contributed by atoms with Gasteiger partial charge in [-0.2, -0.15) is 0 Å². The summed E-state index contributed by atoms with van der Waals surface area (Å²) >= 11 is 0. The van der Waals surface area contributed by atoms with Gasteiger partial charge in [-0.3, -0.25) is 0 Å². The van der Waals surface area contributed by atoms with Crippen LogP contribution in [0.15, 0.2) is 24.0 Å². The molecule has 0 heterocycles. The molecule has 0 spiro atoms. The first-order valence-corrected chi connectivity index (χ1v) is 8.95. The second kappa shape index (κ2) is 4.60. The molecule has 128 valence electrons. The molecule has 4 aliphatic rings. The smallest absolute Gasteiger partial charge is 0.123 e. The average Bonchev–Trinajstić information content (AvgIpc) is 2.73. The summed E-state index contributed by atoms with van der Waals surface area (Å²) in [4.78, 5) is 0. The minimum atomic E-state index is -1.28. The zero-order valence-electron chi connectivity index (χ0n) is 14.0. The highest BCUT2D eigenvalue weighted by atomic mass is 19.1. The first kappa shape index (κ1) is 15.6. The van der Waals surface area contributed by atoms with Crippen LogP contribution in [0.3, 0.4) is 0 Å². The predicted octanol–water partition coefficient (Wildman–Crippen LogP) is 3.25. The van der Waals surface area contributed by atoms with Crippen molar-refractivity contribution in [1.82, 2.24) is 0 Å². The molecule has 4 heteroatoms. The van der Waals surface area contributed by atoms with Crippen LogP contribution in [-0.4, -0.2) is 28.0 Å². The SMILES string of the molecule is C[C@]12CC[C@@]3(F)[C@@H](CCC4C=C(O)C=C[C@@]43C)[C@@H]1C[C@@H](O)[C@@H]2N. The standard InChI is InChI=1S/C19H28FNO2/c1-17-7-8-19(20)13(14(17)10-15(23)16(17)21)4-3-11-9-12(22)5-6-18(11,19)2/h5-6,9,11,13-16,22-23H,3-4,7-8,10,21H2,1-2H3/t11?,13-,14-,15+,16-,17-,18-,19+/m0/s1. The highest BCUT2D eigenvalue weighted by molar-refractivity contribution is 5.31. The number of alkyl halides is 1. The third-order valence-corrected chi connectivity index (χ3v) is 8.05. The number of hydrogen-bond acceptors (Lipinski definition) is 3. The van der Waals surface area contributed by atoms with E-state index in [9.17, 15) is 10.2 Å². The highest BCUT2D eigenvalue weighted by Gasteiger charge is 2.68. The molecule has 0 bridgehead atoms. The second-order valence-corrected chi connectivity index (χ2v) is 8.80. The molecule has 0 radical (unpaired) electrons. The van der Waals surface area contributed by atoms with E-state index in [4.69, 9.17) is 5.73 Å². The lowest BCUT2D eigenvalue weighted by Gasteiger charge is -2.61. The van der Waals surface area contributed by atoms with E-state index in [0.717, 1.165) is 19.3 Å². The molecule has 0 aliphatic heterocycles. The molecule has 8 atom stereocenters. The van der Waals surface area contributed by atoms with Crippen molar-refractivity contribution in [2.24, 2.45) is 34.3 Å². The van der Waals surface area contributed by atoms with E-state index < -0.39 is 17.2 Å². The summed E-state index contributed by atoms with van der Waals surface area (Å²) in [5.41, 5.74) is 4.28. The van der Waals surface area contributed by atoms with Gasteiger partial charge >= 0.3 is 0 Å². The normalized spacial score (nSPS) is 58.1. The number of aliphatic hydroxyl groups is 2. The van der Waals surface area contributed by atoms with Crippen molar-refractivity contribution < 1.29 is 14.6 Å². The highest BCUT2D eigenvalue weighted by Crippen LogP contribution is 2.67. The van der Waals surface area contributed by atoms with Crippen molar-refractivity contribution in [2.45, 2.75) is 63.8 Å². The Morgan fingerprint density at radius 2 is 1.96 bits per heavy atom. The molecule has 0 amide bonds. The molecule has 1 unspecified atom stereocenters. The number of fused-ring (bicyclic) bond motifs is 5. The van der Waals surface area contributed by atoms with Crippen LogP contribution in [-0.2, 0) is 0 Å². The van der Waals surface area contributed by atoms with Crippen LogP contribution in [0.2, 0.25) is 0 Å². The molecule has 0 aromatic rings. The fourth-order valence-electron chi connectivity index (χ4n) is 6.40. The molecular formula is C19H28FNO2. The maximum Gasteiger partial charge on any atom is 0.123 e. The topological polar surface area (TPSA) is 66.5 Å². The summed E-state index contributed by atoms with van der Waals surface area (Å²) in [5.74, 6) is 0.410. The van der Waals surface area contributed by atoms with E-state index in [2.05, 4.69) is 6.92 Å². The van der Waals surface area contributed by atoms with Crippen LogP contribution in [0.25, 0.3) is 0 Å². The molecule has 3 fully saturated rings. The molecule has 0 aromatic carbocycles. The number of nitrogens with two attached hydrogens (primary N) is 1. The lowest BCUT2D eigenvalue weighted by molar-refractivity contribution is -0.153. The van der Waals surface area contributed by atoms with Crippen LogP contribution >= 0.6 is 0 Å². The maximum atomic E-state index is 16.4. The van der Waals surface area contributed by atoms with Crippen LogP contribution in [0, 0.1) is 28.6 Å². The van der Waals surface area contributed by atoms with Crippen LogP contribution in [0.1, 0.15) is 46.0 Å². The van der Waals surface area contributed by atoms with Gasteiger partial charge in [0.25, 0.3) is 0 Å². The Morgan fingerprint density at radius 3 is 2.70 bits per heavy atom. The molecule has 23 heavy (non-hydrogen) atoms. The van der Waals surface area contributed by atoms with Crippen LogP contribution in [0.5, 0.6) is 0 Å². The van der Waals surface area contributed by atoms with Crippen molar-refractivity contribution in [2.75, 3.05) is 0 Å². The molecule has 0 saturated heterocycles. The van der Waals surface area contributed by atoms with Crippen molar-refractivity contribution in [3.05, 3.63) is 24.0 Å². The van der Waals surface area contributed by atoms with Gasteiger partial charge in [-0.1, -0.05) is 19.9 Å². The fraction of sp³-hybridized carbons (Fsp3) is 0.789. The first-order chi connectivity index (χ1) is 10.7. The Balaban J connectivity index is 1.75. The number of aliphatic hydroxyl groups excluding tert-OH is 2. The van der Waals surface area contributed by atoms with Gasteiger partial charge in [0.1, 0.15) is 11.4 Å². The van der Waals surface area contributed by atoms with Gasteiger partial charge in [-0.25, -0.2) is 4.39 Å². The summed E-state index contributed by atoms with van der Waals surface area (Å²) in [6.45, 7) is 4.16. The van der Waals surface area contributed by atoms with Gasteiger partial charge < -0.3 is 15.9 Å². The lowest BCUT2D eigenvalue weighted by atomic mass is 9.45. The zero-order chi connectivity index (χ0) is 16.6. The second-order valence-electron chi connectivity index (χ2n) is 8.80. The van der Waals surface area contributed by atoms with Gasteiger partial charge in [-0.15, -0.1) is 0 Å². The zero-order valence-corrected chi connectivity index (χ0v) is 14.0. The van der Waals surface area contributed by atoms with E-state index in [0.29, 0.717) is 12.8 Å². The van der Waals surface area contributed by atoms with Crippen molar-refractivity contribution in [3.63, 3.8) is 0 Å². The molecule has 4 aliphatic carbocycles. The average molecular weight is 321 g/mol. The van der Waals surface area contributed by atoms with E-state index in [1.807, 2.05) is 19.1 Å². The monoisotopic (exact) mass is 321 g/mol. The summed E-state index contributed by atoms with van der Waals surface area (Å²) in [5, 5.41) is 20.1. The summed E-state index contributed by atoms with van der Waals surface area (Å²) < 4.78 is 16.4. The maximum absolute atomic E-state index is 16.4. The molecule has 3 nitrogen and oxygen atoms in total. The first-order valence-electron chi connectivity index (χ1n) is 8.95. The lowest BCUT2D eigenvalue weighted by Crippen LogP contribution is -2.62. The van der Waals surface area contributed by atoms with Gasteiger partial charge in [-0.05, 0) is 67.4 Å². The van der Waals surface area contributed by atoms with E-state index in [-0.39, 0.29) is 35.0 Å².